The maximum Gasteiger partial charge on any atom is 0.265 e. The molecule has 0 aromatic heterocycles. The maximum atomic E-state index is 13.3. The maximum absolute atomic E-state index is 13.3. The minimum atomic E-state index is -3.97. The van der Waals surface area contributed by atoms with Gasteiger partial charge in [-0.25, -0.2) is 8.42 Å². The van der Waals surface area contributed by atoms with Gasteiger partial charge in [0.25, 0.3) is 5.91 Å². The molecule has 2 amide bonds. The summed E-state index contributed by atoms with van der Waals surface area (Å²) >= 11 is 6.20. The second-order valence-electron chi connectivity index (χ2n) is 7.65. The molecule has 0 radical (unpaired) electrons. The van der Waals surface area contributed by atoms with Gasteiger partial charge < -0.3 is 15.4 Å². The molecule has 4 rings (SSSR count). The monoisotopic (exact) mass is 463 g/mol. The van der Waals surface area contributed by atoms with E-state index in [-0.39, 0.29) is 23.0 Å². The number of ether oxygens (including phenoxy) is 1. The molecule has 2 aromatic rings. The van der Waals surface area contributed by atoms with Crippen molar-refractivity contribution in [1.82, 2.24) is 4.31 Å². The second-order valence-corrected chi connectivity index (χ2v) is 9.95. The van der Waals surface area contributed by atoms with Crippen LogP contribution in [0.4, 0.5) is 11.4 Å². The van der Waals surface area contributed by atoms with Crippen molar-refractivity contribution in [2.75, 3.05) is 17.2 Å². The summed E-state index contributed by atoms with van der Waals surface area (Å²) in [5.74, 6) is -0.388. The van der Waals surface area contributed by atoms with Crippen LogP contribution >= 0.6 is 11.6 Å². The number of benzene rings is 2. The number of hydrogen-bond acceptors (Lipinski definition) is 5. The Morgan fingerprint density at radius 2 is 2.03 bits per heavy atom. The Morgan fingerprint density at radius 1 is 1.26 bits per heavy atom. The normalized spacial score (nSPS) is 21.2. The van der Waals surface area contributed by atoms with Crippen molar-refractivity contribution in [2.45, 2.75) is 43.7 Å². The Balaban J connectivity index is 1.58. The van der Waals surface area contributed by atoms with Gasteiger partial charge in [0.2, 0.25) is 15.9 Å². The van der Waals surface area contributed by atoms with Gasteiger partial charge in [-0.05, 0) is 62.6 Å². The fraction of sp³-hybridized carbons (Fsp3) is 0.333. The van der Waals surface area contributed by atoms with E-state index >= 15 is 0 Å². The first-order valence-corrected chi connectivity index (χ1v) is 11.7. The Bertz CT molecular complexity index is 1170. The standard InChI is InChI=1S/C21H22ClN3O5S/c1-12-5-7-16(15(22)10-12)23-21(27)18-4-3-9-25(18)31(28,29)14-6-8-19-17(11-14)24-20(26)13(2)30-19/h5-8,10-11,13,18H,3-4,9H2,1-2H3,(H,23,27)(H,24,26)/t13-,18+/m0/s1. The number of carbonyl (C=O) groups is 2. The zero-order chi connectivity index (χ0) is 22.3. The molecular formula is C21H22ClN3O5S. The third-order valence-corrected chi connectivity index (χ3v) is 7.59. The number of fused-ring (bicyclic) bond motifs is 1. The summed E-state index contributed by atoms with van der Waals surface area (Å²) in [5, 5.41) is 5.78. The molecule has 1 fully saturated rings. The lowest BCUT2D eigenvalue weighted by molar-refractivity contribution is -0.122. The molecule has 0 bridgehead atoms. The zero-order valence-corrected chi connectivity index (χ0v) is 18.6. The number of carbonyl (C=O) groups excluding carboxylic acids is 2. The second kappa shape index (κ2) is 8.14. The van der Waals surface area contributed by atoms with Gasteiger partial charge in [0.1, 0.15) is 11.8 Å². The van der Waals surface area contributed by atoms with Crippen LogP contribution in [-0.2, 0) is 19.6 Å². The lowest BCUT2D eigenvalue weighted by Gasteiger charge is -2.26. The fourth-order valence-electron chi connectivity index (χ4n) is 3.71. The van der Waals surface area contributed by atoms with E-state index in [1.807, 2.05) is 13.0 Å². The van der Waals surface area contributed by atoms with Crippen LogP contribution < -0.4 is 15.4 Å². The molecule has 164 valence electrons. The first-order valence-electron chi connectivity index (χ1n) is 9.87. The van der Waals surface area contributed by atoms with E-state index in [1.54, 1.807) is 19.1 Å². The van der Waals surface area contributed by atoms with Crippen molar-refractivity contribution in [3.8, 4) is 5.75 Å². The van der Waals surface area contributed by atoms with Crippen molar-refractivity contribution in [3.63, 3.8) is 0 Å². The summed E-state index contributed by atoms with van der Waals surface area (Å²) in [6, 6.07) is 8.66. The average molecular weight is 464 g/mol. The largest absolute Gasteiger partial charge is 0.479 e. The van der Waals surface area contributed by atoms with Crippen molar-refractivity contribution in [1.29, 1.82) is 0 Å². The lowest BCUT2D eigenvalue weighted by Crippen LogP contribution is -2.43. The van der Waals surface area contributed by atoms with Crippen LogP contribution in [0.2, 0.25) is 5.02 Å². The highest BCUT2D eigenvalue weighted by atomic mass is 35.5. The minimum Gasteiger partial charge on any atom is -0.479 e. The first kappa shape index (κ1) is 21.6. The van der Waals surface area contributed by atoms with Gasteiger partial charge in [-0.1, -0.05) is 17.7 Å². The highest BCUT2D eigenvalue weighted by molar-refractivity contribution is 7.89. The Hall–Kier alpha value is -2.62. The molecule has 2 aliphatic rings. The minimum absolute atomic E-state index is 0.0160. The van der Waals surface area contributed by atoms with Crippen molar-refractivity contribution in [2.24, 2.45) is 0 Å². The topological polar surface area (TPSA) is 105 Å². The van der Waals surface area contributed by atoms with Gasteiger partial charge in [-0.2, -0.15) is 4.31 Å². The number of hydrogen-bond donors (Lipinski definition) is 2. The van der Waals surface area contributed by atoms with Gasteiger partial charge in [0.15, 0.2) is 6.10 Å². The smallest absolute Gasteiger partial charge is 0.265 e. The third kappa shape index (κ3) is 4.13. The van der Waals surface area contributed by atoms with Gasteiger partial charge in [0.05, 0.1) is 21.3 Å². The zero-order valence-electron chi connectivity index (χ0n) is 17.0. The van der Waals surface area contributed by atoms with Gasteiger partial charge in [-0.15, -0.1) is 0 Å². The van der Waals surface area contributed by atoms with E-state index < -0.39 is 28.1 Å². The number of aryl methyl sites for hydroxylation is 1. The summed E-state index contributed by atoms with van der Waals surface area (Å²) in [5.41, 5.74) is 1.67. The van der Waals surface area contributed by atoms with Crippen LogP contribution in [0.15, 0.2) is 41.3 Å². The van der Waals surface area contributed by atoms with E-state index in [9.17, 15) is 18.0 Å². The first-order chi connectivity index (χ1) is 14.7. The summed E-state index contributed by atoms with van der Waals surface area (Å²) < 4.78 is 33.3. The highest BCUT2D eigenvalue weighted by Gasteiger charge is 2.40. The molecule has 1 saturated heterocycles. The third-order valence-electron chi connectivity index (χ3n) is 5.38. The molecule has 2 aromatic carbocycles. The van der Waals surface area contributed by atoms with E-state index in [4.69, 9.17) is 16.3 Å². The number of anilines is 2. The van der Waals surface area contributed by atoms with Crippen LogP contribution in [0.25, 0.3) is 0 Å². The molecule has 0 unspecified atom stereocenters. The van der Waals surface area contributed by atoms with Crippen LogP contribution in [-0.4, -0.2) is 43.2 Å². The van der Waals surface area contributed by atoms with Crippen LogP contribution in [0, 0.1) is 6.92 Å². The Morgan fingerprint density at radius 3 is 2.77 bits per heavy atom. The molecule has 2 N–H and O–H groups in total. The summed E-state index contributed by atoms with van der Waals surface area (Å²) in [6.45, 7) is 3.71. The van der Waals surface area contributed by atoms with Crippen molar-refractivity contribution in [3.05, 3.63) is 47.0 Å². The predicted molar refractivity (Wildman–Crippen MR) is 117 cm³/mol. The number of amides is 2. The molecule has 0 saturated carbocycles. The molecule has 31 heavy (non-hydrogen) atoms. The van der Waals surface area contributed by atoms with E-state index in [0.717, 1.165) is 5.56 Å². The molecule has 0 aliphatic carbocycles. The van der Waals surface area contributed by atoms with E-state index in [0.29, 0.717) is 29.3 Å². The molecule has 0 spiro atoms. The molecule has 8 nitrogen and oxygen atoms in total. The van der Waals surface area contributed by atoms with Crippen molar-refractivity contribution < 1.29 is 22.7 Å². The predicted octanol–water partition coefficient (Wildman–Crippen LogP) is 3.16. The molecular weight excluding hydrogens is 442 g/mol. The number of nitrogens with one attached hydrogen (secondary N) is 2. The van der Waals surface area contributed by atoms with Crippen LogP contribution in [0.3, 0.4) is 0 Å². The Labute approximate surface area is 185 Å². The lowest BCUT2D eigenvalue weighted by atomic mass is 10.2. The fourth-order valence-corrected chi connectivity index (χ4v) is 5.68. The molecule has 2 atom stereocenters. The van der Waals surface area contributed by atoms with Gasteiger partial charge in [-0.3, -0.25) is 9.59 Å². The number of nitrogens with zero attached hydrogens (tertiary/aromatic N) is 1. The van der Waals surface area contributed by atoms with Gasteiger partial charge in [0, 0.05) is 6.54 Å². The van der Waals surface area contributed by atoms with E-state index in [1.165, 1.54) is 22.5 Å². The van der Waals surface area contributed by atoms with Crippen molar-refractivity contribution >= 4 is 44.8 Å². The van der Waals surface area contributed by atoms with Crippen LogP contribution in [0.5, 0.6) is 5.75 Å². The molecule has 2 heterocycles. The summed E-state index contributed by atoms with van der Waals surface area (Å²) in [7, 11) is -3.97. The SMILES string of the molecule is Cc1ccc(NC(=O)[C@H]2CCCN2S(=O)(=O)c2ccc3c(c2)NC(=O)[C@H](C)O3)c(Cl)c1. The number of sulfonamides is 1. The quantitative estimate of drug-likeness (QED) is 0.724. The Kier molecular flexibility index (Phi) is 5.67. The number of halogens is 1. The highest BCUT2D eigenvalue weighted by Crippen LogP contribution is 2.35. The summed E-state index contributed by atoms with van der Waals surface area (Å²) in [6.07, 6.45) is 0.299. The molecule has 10 heteroatoms. The molecule has 2 aliphatic heterocycles. The average Bonchev–Trinajstić information content (AvgIpc) is 3.21. The van der Waals surface area contributed by atoms with Crippen LogP contribution in [0.1, 0.15) is 25.3 Å². The van der Waals surface area contributed by atoms with E-state index in [2.05, 4.69) is 10.6 Å². The summed E-state index contributed by atoms with van der Waals surface area (Å²) in [4.78, 5) is 24.8. The van der Waals surface area contributed by atoms with Gasteiger partial charge >= 0.3 is 0 Å². The number of rotatable bonds is 4.